The molecule has 5 heteroatoms. The molecule has 2 unspecified atom stereocenters. The molecule has 1 aliphatic rings. The molecule has 0 aromatic carbocycles. The maximum absolute atomic E-state index is 11.6. The zero-order chi connectivity index (χ0) is 14.4. The summed E-state index contributed by atoms with van der Waals surface area (Å²) in [4.78, 5) is 20.0. The Morgan fingerprint density at radius 2 is 1.89 bits per heavy atom. The summed E-state index contributed by atoms with van der Waals surface area (Å²) in [6.07, 6.45) is 1.27. The van der Waals surface area contributed by atoms with E-state index < -0.39 is 0 Å². The van der Waals surface area contributed by atoms with Crippen LogP contribution in [0.5, 0.6) is 0 Å². The van der Waals surface area contributed by atoms with Crippen LogP contribution in [0.3, 0.4) is 0 Å². The largest absolute Gasteiger partial charge is 0.357 e. The number of nitrogens with one attached hydrogen (secondary N) is 1. The van der Waals surface area contributed by atoms with E-state index in [4.69, 9.17) is 0 Å². The van der Waals surface area contributed by atoms with E-state index >= 15 is 0 Å². The first kappa shape index (κ1) is 15.8. The van der Waals surface area contributed by atoms with Crippen molar-refractivity contribution in [1.82, 2.24) is 15.1 Å². The first-order valence-corrected chi connectivity index (χ1v) is 7.17. The Kier molecular flexibility index (Phi) is 6.12. The molecule has 110 valence electrons. The number of likely N-dealkylation sites (tertiary alicyclic amines) is 1. The Morgan fingerprint density at radius 3 is 2.37 bits per heavy atom. The first-order valence-electron chi connectivity index (χ1n) is 7.17. The number of hydrogen-bond acceptors (Lipinski definition) is 2. The summed E-state index contributed by atoms with van der Waals surface area (Å²) in [5.74, 6) is 2.26. The monoisotopic (exact) mass is 268 g/mol. The second-order valence-corrected chi connectivity index (χ2v) is 5.81. The lowest BCUT2D eigenvalue weighted by Crippen LogP contribution is -2.48. The summed E-state index contributed by atoms with van der Waals surface area (Å²) in [7, 11) is 3.52. The van der Waals surface area contributed by atoms with E-state index in [1.54, 1.807) is 19.0 Å². The molecule has 1 heterocycles. The van der Waals surface area contributed by atoms with Gasteiger partial charge in [-0.1, -0.05) is 13.8 Å². The van der Waals surface area contributed by atoms with Crippen LogP contribution in [0.1, 0.15) is 27.2 Å². The molecule has 2 atom stereocenters. The molecule has 0 bridgehead atoms. The van der Waals surface area contributed by atoms with Gasteiger partial charge in [0.1, 0.15) is 6.54 Å². The molecule has 1 aliphatic heterocycles. The summed E-state index contributed by atoms with van der Waals surface area (Å²) >= 11 is 0. The van der Waals surface area contributed by atoms with E-state index in [9.17, 15) is 4.79 Å². The minimum absolute atomic E-state index is 0.0357. The van der Waals surface area contributed by atoms with Crippen molar-refractivity contribution in [2.75, 3.05) is 40.3 Å². The van der Waals surface area contributed by atoms with Crippen LogP contribution in [0.2, 0.25) is 0 Å². The van der Waals surface area contributed by atoms with Gasteiger partial charge in [0.05, 0.1) is 0 Å². The predicted octanol–water partition coefficient (Wildman–Crippen LogP) is 1.02. The molecule has 0 spiro atoms. The summed E-state index contributed by atoms with van der Waals surface area (Å²) < 4.78 is 0. The highest BCUT2D eigenvalue weighted by Crippen LogP contribution is 2.20. The molecule has 1 amide bonds. The van der Waals surface area contributed by atoms with Crippen LogP contribution in [0, 0.1) is 11.8 Å². The standard InChI is InChI=1S/C14H28N4O/c1-6-15-14(16-8-13(19)17(4)5)18-9-11(2)7-12(3)10-18/h11-12H,6-10H2,1-5H3,(H,15,16). The number of likely N-dealkylation sites (N-methyl/N-ethyl adjacent to an activating group) is 1. The lowest BCUT2D eigenvalue weighted by Gasteiger charge is -2.37. The van der Waals surface area contributed by atoms with E-state index in [-0.39, 0.29) is 12.5 Å². The van der Waals surface area contributed by atoms with Gasteiger partial charge in [0, 0.05) is 33.7 Å². The zero-order valence-electron chi connectivity index (χ0n) is 12.9. The molecule has 0 aromatic heterocycles. The number of nitrogens with zero attached hydrogens (tertiary/aromatic N) is 3. The van der Waals surface area contributed by atoms with E-state index in [2.05, 4.69) is 36.0 Å². The fraction of sp³-hybridized carbons (Fsp3) is 0.857. The van der Waals surface area contributed by atoms with Gasteiger partial charge in [0.25, 0.3) is 0 Å². The third kappa shape index (κ3) is 5.09. The Morgan fingerprint density at radius 1 is 1.32 bits per heavy atom. The summed E-state index contributed by atoms with van der Waals surface area (Å²) in [6, 6.07) is 0. The van der Waals surface area contributed by atoms with Gasteiger partial charge in [-0.15, -0.1) is 0 Å². The van der Waals surface area contributed by atoms with Crippen LogP contribution in [0.4, 0.5) is 0 Å². The van der Waals surface area contributed by atoms with Crippen molar-refractivity contribution >= 4 is 11.9 Å². The van der Waals surface area contributed by atoms with Gasteiger partial charge >= 0.3 is 0 Å². The average molecular weight is 268 g/mol. The third-order valence-electron chi connectivity index (χ3n) is 3.37. The van der Waals surface area contributed by atoms with Gasteiger partial charge in [-0.2, -0.15) is 0 Å². The molecular weight excluding hydrogens is 240 g/mol. The van der Waals surface area contributed by atoms with Crippen molar-refractivity contribution in [3.63, 3.8) is 0 Å². The second kappa shape index (κ2) is 7.36. The van der Waals surface area contributed by atoms with E-state index in [0.29, 0.717) is 11.8 Å². The summed E-state index contributed by atoms with van der Waals surface area (Å²) in [6.45, 7) is 9.69. The fourth-order valence-electron chi connectivity index (χ4n) is 2.55. The van der Waals surface area contributed by atoms with Crippen molar-refractivity contribution in [3.8, 4) is 0 Å². The number of guanidine groups is 1. The third-order valence-corrected chi connectivity index (χ3v) is 3.37. The van der Waals surface area contributed by atoms with Gasteiger partial charge in [-0.05, 0) is 25.2 Å². The van der Waals surface area contributed by atoms with Gasteiger partial charge in [0.2, 0.25) is 5.91 Å². The first-order chi connectivity index (χ1) is 8.93. The number of piperidine rings is 1. The van der Waals surface area contributed by atoms with Crippen LogP contribution in [-0.4, -0.2) is 61.9 Å². The quantitative estimate of drug-likeness (QED) is 0.614. The van der Waals surface area contributed by atoms with Gasteiger partial charge in [0.15, 0.2) is 5.96 Å². The summed E-state index contributed by atoms with van der Waals surface area (Å²) in [5, 5.41) is 3.29. The number of rotatable bonds is 3. The number of aliphatic imine (C=N–C) groups is 1. The predicted molar refractivity (Wildman–Crippen MR) is 79.2 cm³/mol. The highest BCUT2D eigenvalue weighted by Gasteiger charge is 2.24. The van der Waals surface area contributed by atoms with E-state index in [0.717, 1.165) is 25.6 Å². The highest BCUT2D eigenvalue weighted by molar-refractivity contribution is 5.84. The number of carbonyl (C=O) groups is 1. The van der Waals surface area contributed by atoms with Crippen LogP contribution >= 0.6 is 0 Å². The van der Waals surface area contributed by atoms with E-state index in [1.165, 1.54) is 6.42 Å². The maximum atomic E-state index is 11.6. The normalized spacial score (nSPS) is 24.3. The second-order valence-electron chi connectivity index (χ2n) is 5.81. The number of hydrogen-bond donors (Lipinski definition) is 1. The Balaban J connectivity index is 2.70. The Labute approximate surface area is 117 Å². The van der Waals surface area contributed by atoms with Crippen molar-refractivity contribution < 1.29 is 4.79 Å². The van der Waals surface area contributed by atoms with Crippen LogP contribution in [0.15, 0.2) is 4.99 Å². The topological polar surface area (TPSA) is 47.9 Å². The molecule has 1 fully saturated rings. The number of carbonyl (C=O) groups excluding carboxylic acids is 1. The van der Waals surface area contributed by atoms with Crippen LogP contribution in [0.25, 0.3) is 0 Å². The average Bonchev–Trinajstić information content (AvgIpc) is 2.32. The SMILES string of the molecule is CCNC(=NCC(=O)N(C)C)N1CC(C)CC(C)C1. The molecule has 1 rings (SSSR count). The van der Waals surface area contributed by atoms with Crippen LogP contribution in [-0.2, 0) is 4.79 Å². The highest BCUT2D eigenvalue weighted by atomic mass is 16.2. The lowest BCUT2D eigenvalue weighted by molar-refractivity contribution is -0.127. The van der Waals surface area contributed by atoms with Crippen LogP contribution < -0.4 is 5.32 Å². The van der Waals surface area contributed by atoms with Gasteiger partial charge in [-0.25, -0.2) is 4.99 Å². The molecule has 1 saturated heterocycles. The molecule has 19 heavy (non-hydrogen) atoms. The minimum atomic E-state index is 0.0357. The van der Waals surface area contributed by atoms with Crippen molar-refractivity contribution in [2.24, 2.45) is 16.8 Å². The minimum Gasteiger partial charge on any atom is -0.357 e. The van der Waals surface area contributed by atoms with Gasteiger partial charge in [-0.3, -0.25) is 4.79 Å². The zero-order valence-corrected chi connectivity index (χ0v) is 12.9. The van der Waals surface area contributed by atoms with Crippen molar-refractivity contribution in [1.29, 1.82) is 0 Å². The Hall–Kier alpha value is -1.26. The van der Waals surface area contributed by atoms with Gasteiger partial charge < -0.3 is 15.1 Å². The lowest BCUT2D eigenvalue weighted by atomic mass is 9.92. The van der Waals surface area contributed by atoms with Crippen molar-refractivity contribution in [2.45, 2.75) is 27.2 Å². The maximum Gasteiger partial charge on any atom is 0.243 e. The van der Waals surface area contributed by atoms with Crippen molar-refractivity contribution in [3.05, 3.63) is 0 Å². The molecular formula is C14H28N4O. The number of amides is 1. The molecule has 0 saturated carbocycles. The smallest absolute Gasteiger partial charge is 0.243 e. The summed E-state index contributed by atoms with van der Waals surface area (Å²) in [5.41, 5.74) is 0. The molecule has 1 N–H and O–H groups in total. The molecule has 0 aromatic rings. The Bertz CT molecular complexity index is 317. The molecule has 0 aliphatic carbocycles. The molecule has 0 radical (unpaired) electrons. The molecule has 5 nitrogen and oxygen atoms in total. The fourth-order valence-corrected chi connectivity index (χ4v) is 2.55. The van der Waals surface area contributed by atoms with E-state index in [1.807, 2.05) is 0 Å².